The number of hydrogen-bond acceptors (Lipinski definition) is 2. The summed E-state index contributed by atoms with van der Waals surface area (Å²) in [6.07, 6.45) is 0. The summed E-state index contributed by atoms with van der Waals surface area (Å²) in [6.45, 7) is 1.38. The van der Waals surface area contributed by atoms with Crippen molar-refractivity contribution in [2.45, 2.75) is 6.55 Å². The Kier molecular flexibility index (Phi) is 1.51. The van der Waals surface area contributed by atoms with Crippen molar-refractivity contribution in [2.75, 3.05) is 0 Å². The zero-order valence-corrected chi connectivity index (χ0v) is 3.39. The van der Waals surface area contributed by atoms with Gasteiger partial charge in [0.1, 0.15) is 0 Å². The van der Waals surface area contributed by atoms with Gasteiger partial charge in [0.05, 0.1) is 0 Å². The van der Waals surface area contributed by atoms with E-state index < -0.39 is 9.28 Å². The molecule has 0 spiro atoms. The SMILES string of the molecule is C[Si](O)O. The van der Waals surface area contributed by atoms with Gasteiger partial charge in [-0.25, -0.2) is 0 Å². The summed E-state index contributed by atoms with van der Waals surface area (Å²) in [5.41, 5.74) is 0. The van der Waals surface area contributed by atoms with Gasteiger partial charge in [-0.3, -0.25) is 0 Å². The van der Waals surface area contributed by atoms with Crippen molar-refractivity contribution < 1.29 is 9.59 Å². The molecule has 0 bridgehead atoms. The molecule has 3 heteroatoms. The van der Waals surface area contributed by atoms with Crippen LogP contribution in [0.25, 0.3) is 0 Å². The first-order valence-corrected chi connectivity index (χ1v) is 2.84. The molecule has 0 aromatic rings. The Balaban J connectivity index is 2.32. The van der Waals surface area contributed by atoms with Crippen LogP contribution < -0.4 is 0 Å². The zero-order chi connectivity index (χ0) is 3.58. The predicted molar refractivity (Wildman–Crippen MR) is 16.1 cm³/mol. The molecule has 0 saturated heterocycles. The van der Waals surface area contributed by atoms with Crippen LogP contribution in [0.5, 0.6) is 0 Å². The fraction of sp³-hybridized carbons (Fsp3) is 1.00. The van der Waals surface area contributed by atoms with Crippen LogP contribution in [-0.2, 0) is 0 Å². The second-order valence-corrected chi connectivity index (χ2v) is 1.64. The van der Waals surface area contributed by atoms with E-state index in [2.05, 4.69) is 0 Å². The maximum atomic E-state index is 7.71. The van der Waals surface area contributed by atoms with Gasteiger partial charge in [-0.1, -0.05) is 0 Å². The van der Waals surface area contributed by atoms with E-state index >= 15 is 0 Å². The summed E-state index contributed by atoms with van der Waals surface area (Å²) in [5.74, 6) is 0. The van der Waals surface area contributed by atoms with Crippen molar-refractivity contribution in [3.05, 3.63) is 0 Å². The number of rotatable bonds is 0. The minimum absolute atomic E-state index is 1.38. The van der Waals surface area contributed by atoms with Gasteiger partial charge in [-0.05, 0) is 6.55 Å². The van der Waals surface area contributed by atoms with Crippen molar-refractivity contribution >= 4 is 9.28 Å². The van der Waals surface area contributed by atoms with Gasteiger partial charge < -0.3 is 9.59 Å². The minimum atomic E-state index is -1.88. The van der Waals surface area contributed by atoms with Gasteiger partial charge in [-0.2, -0.15) is 0 Å². The van der Waals surface area contributed by atoms with Crippen LogP contribution in [0.4, 0.5) is 0 Å². The number of hydrogen-bond donors (Lipinski definition) is 2. The lowest BCUT2D eigenvalue weighted by molar-refractivity contribution is 0.417. The van der Waals surface area contributed by atoms with Crippen molar-refractivity contribution in [2.24, 2.45) is 0 Å². The van der Waals surface area contributed by atoms with Crippen LogP contribution >= 0.6 is 0 Å². The smallest absolute Gasteiger partial charge is 0.375 e. The highest BCUT2D eigenvalue weighted by Crippen LogP contribution is 1.51. The zero-order valence-electron chi connectivity index (χ0n) is 2.39. The predicted octanol–water partition coefficient (Wildman–Crippen LogP) is -0.911. The van der Waals surface area contributed by atoms with Crippen LogP contribution in [0.15, 0.2) is 0 Å². The molecule has 0 aromatic carbocycles. The Morgan fingerprint density at radius 3 is 1.50 bits per heavy atom. The second kappa shape index (κ2) is 1.46. The Labute approximate surface area is 26.6 Å². The maximum absolute atomic E-state index is 7.71. The van der Waals surface area contributed by atoms with Crippen molar-refractivity contribution in [3.63, 3.8) is 0 Å². The lowest BCUT2D eigenvalue weighted by Crippen LogP contribution is -2.00. The van der Waals surface area contributed by atoms with E-state index in [1.807, 2.05) is 0 Å². The highest BCUT2D eigenvalue weighted by molar-refractivity contribution is 6.38. The molecule has 0 aliphatic carbocycles. The van der Waals surface area contributed by atoms with E-state index in [0.717, 1.165) is 0 Å². The summed E-state index contributed by atoms with van der Waals surface area (Å²) in [6, 6.07) is 0. The average molecular weight is 77.1 g/mol. The molecule has 0 atom stereocenters. The fourth-order valence-corrected chi connectivity index (χ4v) is 0. The first kappa shape index (κ1) is 4.14. The van der Waals surface area contributed by atoms with Gasteiger partial charge in [0.2, 0.25) is 0 Å². The molecule has 25 valence electrons. The van der Waals surface area contributed by atoms with E-state index in [4.69, 9.17) is 9.59 Å². The summed E-state index contributed by atoms with van der Waals surface area (Å²) in [4.78, 5) is 15.4. The quantitative estimate of drug-likeness (QED) is 0.367. The molecule has 2 N–H and O–H groups in total. The third-order valence-electron chi connectivity index (χ3n) is 0. The normalized spacial score (nSPS) is 9.00. The van der Waals surface area contributed by atoms with Gasteiger partial charge in [0.25, 0.3) is 0 Å². The lowest BCUT2D eigenvalue weighted by Gasteiger charge is -1.73. The summed E-state index contributed by atoms with van der Waals surface area (Å²) >= 11 is 0. The molecular weight excluding hydrogens is 72.1 g/mol. The Morgan fingerprint density at radius 2 is 1.50 bits per heavy atom. The maximum Gasteiger partial charge on any atom is 0.375 e. The van der Waals surface area contributed by atoms with Crippen molar-refractivity contribution in [1.29, 1.82) is 0 Å². The molecule has 0 rings (SSSR count). The van der Waals surface area contributed by atoms with Crippen LogP contribution in [0.3, 0.4) is 0 Å². The van der Waals surface area contributed by atoms with Crippen LogP contribution in [-0.4, -0.2) is 18.9 Å². The molecule has 0 aliphatic heterocycles. The molecule has 0 fully saturated rings. The molecule has 0 unspecified atom stereocenters. The topological polar surface area (TPSA) is 40.5 Å². The summed E-state index contributed by atoms with van der Waals surface area (Å²) in [5, 5.41) is 0. The van der Waals surface area contributed by atoms with Crippen LogP contribution in [0.1, 0.15) is 0 Å². The van der Waals surface area contributed by atoms with Crippen LogP contribution in [0, 0.1) is 0 Å². The largest absolute Gasteiger partial charge is 0.410 e. The first-order chi connectivity index (χ1) is 1.73. The molecule has 4 heavy (non-hydrogen) atoms. The van der Waals surface area contributed by atoms with E-state index in [1.165, 1.54) is 6.55 Å². The van der Waals surface area contributed by atoms with Crippen molar-refractivity contribution in [3.8, 4) is 0 Å². The highest BCUT2D eigenvalue weighted by atomic mass is 28.3. The van der Waals surface area contributed by atoms with E-state index in [1.54, 1.807) is 0 Å². The Bertz CT molecular complexity index is 10.8. The first-order valence-electron chi connectivity index (χ1n) is 0.947. The molecule has 0 aromatic heterocycles. The van der Waals surface area contributed by atoms with Crippen LogP contribution in [0.2, 0.25) is 6.55 Å². The second-order valence-electron chi connectivity index (χ2n) is 0.547. The van der Waals surface area contributed by atoms with Gasteiger partial charge in [0, 0.05) is 0 Å². The van der Waals surface area contributed by atoms with Gasteiger partial charge in [-0.15, -0.1) is 0 Å². The third-order valence-corrected chi connectivity index (χ3v) is 0. The molecule has 0 aliphatic rings. The Hall–Kier alpha value is 0.137. The standard InChI is InChI=1S/CH5O2Si/c1-4(2)3/h2-3H,1H3. The molecule has 0 heterocycles. The lowest BCUT2D eigenvalue weighted by atomic mass is 11.9. The Morgan fingerprint density at radius 1 is 1.50 bits per heavy atom. The summed E-state index contributed by atoms with van der Waals surface area (Å²) < 4.78 is 0. The highest BCUT2D eigenvalue weighted by Gasteiger charge is 1.82. The molecule has 2 nitrogen and oxygen atoms in total. The average Bonchev–Trinajstić information content (AvgIpc) is 0.811. The van der Waals surface area contributed by atoms with E-state index in [0.29, 0.717) is 0 Å². The van der Waals surface area contributed by atoms with Gasteiger partial charge >= 0.3 is 9.28 Å². The van der Waals surface area contributed by atoms with Gasteiger partial charge in [0.15, 0.2) is 0 Å². The molecule has 1 radical (unpaired) electrons. The monoisotopic (exact) mass is 77.0 g/mol. The minimum Gasteiger partial charge on any atom is -0.410 e. The fourth-order valence-electron chi connectivity index (χ4n) is 0. The van der Waals surface area contributed by atoms with E-state index in [-0.39, 0.29) is 0 Å². The molecular formula is CH5O2Si. The molecule has 0 amide bonds. The molecule has 0 saturated carbocycles. The summed E-state index contributed by atoms with van der Waals surface area (Å²) in [7, 11) is -1.88. The van der Waals surface area contributed by atoms with E-state index in [9.17, 15) is 0 Å². The third kappa shape index (κ3) is 147. The van der Waals surface area contributed by atoms with Crippen molar-refractivity contribution in [1.82, 2.24) is 0 Å².